The van der Waals surface area contributed by atoms with Crippen LogP contribution in [0.4, 0.5) is 5.82 Å². The van der Waals surface area contributed by atoms with Crippen molar-refractivity contribution >= 4 is 29.5 Å². The molecule has 0 radical (unpaired) electrons. The number of likely N-dealkylation sites (tertiary alicyclic amines) is 1. The molecule has 1 fully saturated rings. The maximum atomic E-state index is 12.6. The van der Waals surface area contributed by atoms with E-state index in [-0.39, 0.29) is 17.9 Å². The Bertz CT molecular complexity index is 851. The van der Waals surface area contributed by atoms with E-state index in [2.05, 4.69) is 10.4 Å². The molecule has 30 heavy (non-hydrogen) atoms. The lowest BCUT2D eigenvalue weighted by Gasteiger charge is -2.23. The Kier molecular flexibility index (Phi) is 6.38. The van der Waals surface area contributed by atoms with Gasteiger partial charge in [0.05, 0.1) is 24.1 Å². The molecule has 1 aromatic rings. The third kappa shape index (κ3) is 4.01. The SMILES string of the molecule is CC[C@H](C)n1nccc1NC(=O)[C@H](C)OC(=O)[C@H](C)N1C(=O)[C@H]2CC=CC[C@@H]2C1=O. The second-order valence-electron chi connectivity index (χ2n) is 7.86. The number of aromatic nitrogens is 2. The summed E-state index contributed by atoms with van der Waals surface area (Å²) in [5, 5.41) is 6.91. The molecule has 1 aliphatic heterocycles. The lowest BCUT2D eigenvalue weighted by atomic mass is 9.85. The molecule has 9 heteroatoms. The molecule has 2 heterocycles. The minimum absolute atomic E-state index is 0.0957. The van der Waals surface area contributed by atoms with E-state index in [1.165, 1.54) is 13.8 Å². The summed E-state index contributed by atoms with van der Waals surface area (Å²) >= 11 is 0. The first kappa shape index (κ1) is 21.7. The van der Waals surface area contributed by atoms with E-state index >= 15 is 0 Å². The molecule has 1 aliphatic carbocycles. The third-order valence-electron chi connectivity index (χ3n) is 5.86. The number of ether oxygens (including phenoxy) is 1. The van der Waals surface area contributed by atoms with Crippen molar-refractivity contribution in [1.82, 2.24) is 14.7 Å². The summed E-state index contributed by atoms with van der Waals surface area (Å²) in [6.07, 6.45) is 6.08. The molecule has 0 aromatic carbocycles. The number of esters is 1. The van der Waals surface area contributed by atoms with Crippen LogP contribution in [0.5, 0.6) is 0 Å². The summed E-state index contributed by atoms with van der Waals surface area (Å²) in [4.78, 5) is 51.3. The van der Waals surface area contributed by atoms with Crippen molar-refractivity contribution in [3.8, 4) is 0 Å². The Labute approximate surface area is 175 Å². The Morgan fingerprint density at radius 3 is 2.33 bits per heavy atom. The summed E-state index contributed by atoms with van der Waals surface area (Å²) in [5.41, 5.74) is 0. The van der Waals surface area contributed by atoms with E-state index in [1.807, 2.05) is 26.0 Å². The molecule has 0 spiro atoms. The highest BCUT2D eigenvalue weighted by molar-refractivity contribution is 6.08. The van der Waals surface area contributed by atoms with Gasteiger partial charge < -0.3 is 10.1 Å². The van der Waals surface area contributed by atoms with Gasteiger partial charge in [-0.1, -0.05) is 19.1 Å². The topological polar surface area (TPSA) is 111 Å². The first-order valence-electron chi connectivity index (χ1n) is 10.3. The van der Waals surface area contributed by atoms with Gasteiger partial charge in [-0.15, -0.1) is 0 Å². The maximum absolute atomic E-state index is 12.6. The number of nitrogens with zero attached hydrogens (tertiary/aromatic N) is 3. The number of amides is 3. The van der Waals surface area contributed by atoms with Gasteiger partial charge in [0.2, 0.25) is 11.8 Å². The highest BCUT2D eigenvalue weighted by Gasteiger charge is 2.50. The van der Waals surface area contributed by atoms with E-state index in [4.69, 9.17) is 4.74 Å². The molecule has 1 aromatic heterocycles. The molecule has 1 saturated heterocycles. The zero-order chi connectivity index (χ0) is 22.0. The molecule has 5 atom stereocenters. The van der Waals surface area contributed by atoms with E-state index < -0.39 is 35.9 Å². The number of imide groups is 1. The normalized spacial score (nSPS) is 23.7. The molecule has 2 aliphatic rings. The smallest absolute Gasteiger partial charge is 0.329 e. The summed E-state index contributed by atoms with van der Waals surface area (Å²) in [6, 6.07) is 0.674. The summed E-state index contributed by atoms with van der Waals surface area (Å²) in [5.74, 6) is -2.34. The van der Waals surface area contributed by atoms with Crippen molar-refractivity contribution in [2.75, 3.05) is 5.32 Å². The lowest BCUT2D eigenvalue weighted by Crippen LogP contribution is -2.46. The van der Waals surface area contributed by atoms with E-state index in [0.717, 1.165) is 11.3 Å². The number of hydrogen-bond acceptors (Lipinski definition) is 6. The Morgan fingerprint density at radius 1 is 1.17 bits per heavy atom. The van der Waals surface area contributed by atoms with Crippen LogP contribution in [0, 0.1) is 11.8 Å². The van der Waals surface area contributed by atoms with Gasteiger partial charge in [-0.25, -0.2) is 9.48 Å². The number of fused-ring (bicyclic) bond motifs is 1. The average molecular weight is 416 g/mol. The molecular formula is C21H28N4O5. The zero-order valence-electron chi connectivity index (χ0n) is 17.7. The third-order valence-corrected chi connectivity index (χ3v) is 5.86. The number of nitrogens with one attached hydrogen (secondary N) is 1. The average Bonchev–Trinajstić information content (AvgIpc) is 3.29. The van der Waals surface area contributed by atoms with Gasteiger partial charge in [0.15, 0.2) is 6.10 Å². The summed E-state index contributed by atoms with van der Waals surface area (Å²) in [6.45, 7) is 6.88. The summed E-state index contributed by atoms with van der Waals surface area (Å²) in [7, 11) is 0. The molecule has 0 saturated carbocycles. The van der Waals surface area contributed by atoms with Crippen LogP contribution in [-0.4, -0.2) is 50.5 Å². The van der Waals surface area contributed by atoms with E-state index in [9.17, 15) is 19.2 Å². The van der Waals surface area contributed by atoms with Crippen molar-refractivity contribution in [3.63, 3.8) is 0 Å². The molecule has 3 amide bonds. The maximum Gasteiger partial charge on any atom is 0.329 e. The predicted molar refractivity (Wildman–Crippen MR) is 108 cm³/mol. The molecule has 0 bridgehead atoms. The van der Waals surface area contributed by atoms with Gasteiger partial charge >= 0.3 is 5.97 Å². The predicted octanol–water partition coefficient (Wildman–Crippen LogP) is 2.06. The van der Waals surface area contributed by atoms with Gasteiger partial charge in [0.25, 0.3) is 5.91 Å². The van der Waals surface area contributed by atoms with Crippen molar-refractivity contribution in [3.05, 3.63) is 24.4 Å². The number of rotatable bonds is 7. The standard InChI is InChI=1S/C21H28N4O5/c1-5-12(2)25-17(10-11-22-25)23-18(26)14(4)30-21(29)13(3)24-19(27)15-8-6-7-9-16(15)20(24)28/h6-7,10-16H,5,8-9H2,1-4H3,(H,23,26)/t12-,13-,14-,15-,16-/m0/s1. The zero-order valence-corrected chi connectivity index (χ0v) is 17.7. The number of hydrogen-bond donors (Lipinski definition) is 1. The fraction of sp³-hybridized carbons (Fsp3) is 0.571. The Hall–Kier alpha value is -2.97. The van der Waals surface area contributed by atoms with Crippen LogP contribution in [0.2, 0.25) is 0 Å². The van der Waals surface area contributed by atoms with Crippen LogP contribution in [-0.2, 0) is 23.9 Å². The molecular weight excluding hydrogens is 388 g/mol. The minimum atomic E-state index is -1.10. The van der Waals surface area contributed by atoms with Crippen LogP contribution in [0.1, 0.15) is 53.0 Å². The highest BCUT2D eigenvalue weighted by Crippen LogP contribution is 2.36. The van der Waals surface area contributed by atoms with Gasteiger partial charge in [-0.3, -0.25) is 19.3 Å². The molecule has 1 N–H and O–H groups in total. The van der Waals surface area contributed by atoms with E-state index in [1.54, 1.807) is 16.9 Å². The van der Waals surface area contributed by atoms with E-state index in [0.29, 0.717) is 18.7 Å². The van der Waals surface area contributed by atoms with Gasteiger partial charge in [-0.05, 0) is 40.0 Å². The van der Waals surface area contributed by atoms with Crippen molar-refractivity contribution in [1.29, 1.82) is 0 Å². The highest BCUT2D eigenvalue weighted by atomic mass is 16.5. The second kappa shape index (κ2) is 8.81. The Balaban J connectivity index is 1.61. The fourth-order valence-electron chi connectivity index (χ4n) is 3.80. The molecule has 162 valence electrons. The largest absolute Gasteiger partial charge is 0.451 e. The number of carbonyl (C=O) groups excluding carboxylic acids is 4. The van der Waals surface area contributed by atoms with Gasteiger partial charge in [0.1, 0.15) is 11.9 Å². The first-order valence-corrected chi connectivity index (χ1v) is 10.3. The second-order valence-corrected chi connectivity index (χ2v) is 7.86. The monoisotopic (exact) mass is 416 g/mol. The Morgan fingerprint density at radius 2 is 1.77 bits per heavy atom. The quantitative estimate of drug-likeness (QED) is 0.414. The van der Waals surface area contributed by atoms with Crippen molar-refractivity contribution in [2.24, 2.45) is 11.8 Å². The number of carbonyl (C=O) groups is 4. The van der Waals surface area contributed by atoms with Crippen LogP contribution < -0.4 is 5.32 Å². The number of allylic oxidation sites excluding steroid dienone is 2. The van der Waals surface area contributed by atoms with Crippen molar-refractivity contribution < 1.29 is 23.9 Å². The molecule has 3 rings (SSSR count). The molecule has 9 nitrogen and oxygen atoms in total. The summed E-state index contributed by atoms with van der Waals surface area (Å²) < 4.78 is 6.96. The van der Waals surface area contributed by atoms with Crippen LogP contribution >= 0.6 is 0 Å². The first-order chi connectivity index (χ1) is 14.3. The lowest BCUT2D eigenvalue weighted by molar-refractivity contribution is -0.163. The van der Waals surface area contributed by atoms with Crippen LogP contribution in [0.25, 0.3) is 0 Å². The van der Waals surface area contributed by atoms with Crippen molar-refractivity contribution in [2.45, 2.75) is 65.1 Å². The fourth-order valence-corrected chi connectivity index (χ4v) is 3.80. The number of anilines is 1. The molecule has 0 unspecified atom stereocenters. The van der Waals surface area contributed by atoms with Crippen LogP contribution in [0.15, 0.2) is 24.4 Å². The van der Waals surface area contributed by atoms with Gasteiger partial charge in [0, 0.05) is 6.07 Å². The minimum Gasteiger partial charge on any atom is -0.451 e. The van der Waals surface area contributed by atoms with Crippen LogP contribution in [0.3, 0.4) is 0 Å². The van der Waals surface area contributed by atoms with Gasteiger partial charge in [-0.2, -0.15) is 5.10 Å².